The van der Waals surface area contributed by atoms with Crippen LogP contribution in [-0.2, 0) is 6.54 Å². The molecule has 0 bridgehead atoms. The fourth-order valence-corrected chi connectivity index (χ4v) is 4.01. The smallest absolute Gasteiger partial charge is 0.269 e. The van der Waals surface area contributed by atoms with E-state index in [1.807, 2.05) is 6.92 Å². The topological polar surface area (TPSA) is 90.1 Å². The van der Waals surface area contributed by atoms with Gasteiger partial charge < -0.3 is 5.32 Å². The number of carbonyl (C=O) groups excluding carboxylic acids is 1. The minimum atomic E-state index is -0.493. The second-order valence-corrected chi connectivity index (χ2v) is 7.49. The quantitative estimate of drug-likeness (QED) is 0.380. The maximum atomic E-state index is 13.1. The maximum absolute atomic E-state index is 13.1. The fourth-order valence-electron chi connectivity index (χ4n) is 2.95. The minimum absolute atomic E-state index is 0.0404. The zero-order valence-electron chi connectivity index (χ0n) is 15.3. The summed E-state index contributed by atoms with van der Waals surface area (Å²) in [6.07, 6.45) is 0. The summed E-state index contributed by atoms with van der Waals surface area (Å²) in [6, 6.07) is 13.7. The van der Waals surface area contributed by atoms with E-state index in [0.717, 1.165) is 21.5 Å². The first-order chi connectivity index (χ1) is 13.9. The van der Waals surface area contributed by atoms with Gasteiger partial charge in [0.25, 0.3) is 11.6 Å². The molecule has 0 saturated heterocycles. The molecule has 0 atom stereocenters. The predicted molar refractivity (Wildman–Crippen MR) is 109 cm³/mol. The molecule has 2 heterocycles. The third-order valence-electron chi connectivity index (χ3n) is 4.41. The van der Waals surface area contributed by atoms with E-state index in [4.69, 9.17) is 0 Å². The van der Waals surface area contributed by atoms with Gasteiger partial charge >= 0.3 is 0 Å². The lowest BCUT2D eigenvalue weighted by Gasteiger charge is -2.04. The lowest BCUT2D eigenvalue weighted by atomic mass is 10.2. The van der Waals surface area contributed by atoms with Gasteiger partial charge in [-0.2, -0.15) is 5.10 Å². The van der Waals surface area contributed by atoms with Crippen LogP contribution < -0.4 is 5.32 Å². The largest absolute Gasteiger partial charge is 0.321 e. The number of aryl methyl sites for hydroxylation is 1. The number of nitro benzene ring substituents is 1. The molecule has 0 unspecified atom stereocenters. The molecule has 7 nitrogen and oxygen atoms in total. The number of carbonyl (C=O) groups is 1. The number of hydrogen-bond acceptors (Lipinski definition) is 5. The second kappa shape index (κ2) is 7.44. The van der Waals surface area contributed by atoms with Gasteiger partial charge in [-0.25, -0.2) is 4.39 Å². The second-order valence-electron chi connectivity index (χ2n) is 6.46. The van der Waals surface area contributed by atoms with Crippen LogP contribution in [0.5, 0.6) is 0 Å². The third-order valence-corrected chi connectivity index (χ3v) is 5.56. The van der Waals surface area contributed by atoms with Crippen LogP contribution in [0.3, 0.4) is 0 Å². The van der Waals surface area contributed by atoms with Gasteiger partial charge in [0.05, 0.1) is 22.0 Å². The molecule has 0 spiro atoms. The van der Waals surface area contributed by atoms with Crippen LogP contribution in [0.2, 0.25) is 0 Å². The van der Waals surface area contributed by atoms with E-state index in [9.17, 15) is 19.3 Å². The number of halogens is 1. The van der Waals surface area contributed by atoms with Crippen molar-refractivity contribution in [1.82, 2.24) is 9.78 Å². The highest BCUT2D eigenvalue weighted by atomic mass is 32.1. The lowest BCUT2D eigenvalue weighted by molar-refractivity contribution is -0.384. The molecular formula is C20H15FN4O3S. The normalized spacial score (nSPS) is 11.0. The SMILES string of the molecule is Cc1nn(Cc2ccc(F)cc2)c2sc(C(=O)Nc3ccc([N+](=O)[O-])cc3)cc12. The number of nitrogens with one attached hydrogen (secondary N) is 1. The van der Waals surface area contributed by atoms with Gasteiger partial charge in [0.1, 0.15) is 10.6 Å². The number of rotatable bonds is 5. The van der Waals surface area contributed by atoms with E-state index in [0.29, 0.717) is 17.1 Å². The summed E-state index contributed by atoms with van der Waals surface area (Å²) < 4.78 is 14.9. The van der Waals surface area contributed by atoms with E-state index >= 15 is 0 Å². The van der Waals surface area contributed by atoms with E-state index < -0.39 is 4.92 Å². The summed E-state index contributed by atoms with van der Waals surface area (Å²) in [5, 5.41) is 18.9. The third kappa shape index (κ3) is 3.85. The molecule has 146 valence electrons. The van der Waals surface area contributed by atoms with Crippen molar-refractivity contribution >= 4 is 38.8 Å². The summed E-state index contributed by atoms with van der Waals surface area (Å²) >= 11 is 1.31. The van der Waals surface area contributed by atoms with Crippen molar-refractivity contribution < 1.29 is 14.1 Å². The number of aromatic nitrogens is 2. The molecule has 0 aliphatic carbocycles. The molecule has 0 aliphatic rings. The van der Waals surface area contributed by atoms with Crippen LogP contribution >= 0.6 is 11.3 Å². The Bertz CT molecular complexity index is 1210. The van der Waals surface area contributed by atoms with Crippen LogP contribution in [0.1, 0.15) is 20.9 Å². The van der Waals surface area contributed by atoms with Crippen molar-refractivity contribution in [3.05, 3.63) is 86.7 Å². The van der Waals surface area contributed by atoms with E-state index in [-0.39, 0.29) is 17.4 Å². The summed E-state index contributed by atoms with van der Waals surface area (Å²) in [5.74, 6) is -0.593. The summed E-state index contributed by atoms with van der Waals surface area (Å²) in [7, 11) is 0. The molecule has 1 amide bonds. The van der Waals surface area contributed by atoms with E-state index in [1.165, 1.54) is 47.7 Å². The van der Waals surface area contributed by atoms with Crippen LogP contribution in [0, 0.1) is 22.9 Å². The lowest BCUT2D eigenvalue weighted by Crippen LogP contribution is -2.10. The number of thiophene rings is 1. The maximum Gasteiger partial charge on any atom is 0.269 e. The molecule has 0 saturated carbocycles. The van der Waals surface area contributed by atoms with Gasteiger partial charge in [-0.05, 0) is 42.8 Å². The minimum Gasteiger partial charge on any atom is -0.321 e. The molecule has 29 heavy (non-hydrogen) atoms. The zero-order valence-corrected chi connectivity index (χ0v) is 16.1. The monoisotopic (exact) mass is 410 g/mol. The molecular weight excluding hydrogens is 395 g/mol. The van der Waals surface area contributed by atoms with Crippen LogP contribution in [0.25, 0.3) is 10.2 Å². The van der Waals surface area contributed by atoms with Crippen molar-refractivity contribution in [3.63, 3.8) is 0 Å². The summed E-state index contributed by atoms with van der Waals surface area (Å²) in [4.78, 5) is 24.2. The van der Waals surface area contributed by atoms with Crippen molar-refractivity contribution in [1.29, 1.82) is 0 Å². The number of anilines is 1. The Morgan fingerprint density at radius 1 is 1.21 bits per heavy atom. The standard InChI is InChI=1S/C20H15FN4O3S/c1-12-17-10-18(19(26)22-15-6-8-16(9-7-15)25(27)28)29-20(17)24(23-12)11-13-2-4-14(21)5-3-13/h2-10H,11H2,1H3,(H,22,26). The molecule has 4 rings (SSSR count). The van der Waals surface area contributed by atoms with E-state index in [2.05, 4.69) is 10.4 Å². The first-order valence-electron chi connectivity index (χ1n) is 8.68. The van der Waals surface area contributed by atoms with Gasteiger partial charge in [0.2, 0.25) is 0 Å². The number of hydrogen-bond donors (Lipinski definition) is 1. The Labute approximate surface area is 168 Å². The average Bonchev–Trinajstić information content (AvgIpc) is 3.26. The van der Waals surface area contributed by atoms with Gasteiger partial charge in [0, 0.05) is 23.2 Å². The Morgan fingerprint density at radius 2 is 1.90 bits per heavy atom. The first kappa shape index (κ1) is 18.8. The highest BCUT2D eigenvalue weighted by Crippen LogP contribution is 2.29. The number of non-ortho nitro benzene ring substituents is 1. The number of nitrogens with zero attached hydrogens (tertiary/aromatic N) is 3. The average molecular weight is 410 g/mol. The molecule has 2 aromatic heterocycles. The first-order valence-corrected chi connectivity index (χ1v) is 9.49. The predicted octanol–water partition coefficient (Wildman–Crippen LogP) is 4.75. The van der Waals surface area contributed by atoms with Crippen LogP contribution in [-0.4, -0.2) is 20.6 Å². The highest BCUT2D eigenvalue weighted by Gasteiger charge is 2.17. The number of nitro groups is 1. The zero-order chi connectivity index (χ0) is 20.5. The van der Waals surface area contributed by atoms with Crippen molar-refractivity contribution in [2.24, 2.45) is 0 Å². The number of benzene rings is 2. The molecule has 9 heteroatoms. The van der Waals surface area contributed by atoms with Gasteiger partial charge in [-0.3, -0.25) is 19.6 Å². The Hall–Kier alpha value is -3.59. The Kier molecular flexibility index (Phi) is 4.81. The van der Waals surface area contributed by atoms with Crippen molar-refractivity contribution in [2.45, 2.75) is 13.5 Å². The van der Waals surface area contributed by atoms with Crippen molar-refractivity contribution in [2.75, 3.05) is 5.32 Å². The summed E-state index contributed by atoms with van der Waals surface area (Å²) in [5.41, 5.74) is 2.14. The van der Waals surface area contributed by atoms with Crippen molar-refractivity contribution in [3.8, 4) is 0 Å². The molecule has 0 aliphatic heterocycles. The summed E-state index contributed by atoms with van der Waals surface area (Å²) in [6.45, 7) is 2.34. The van der Waals surface area contributed by atoms with Crippen LogP contribution in [0.4, 0.5) is 15.8 Å². The Balaban J connectivity index is 1.57. The molecule has 0 fully saturated rings. The molecule has 2 aromatic carbocycles. The van der Waals surface area contributed by atoms with Gasteiger partial charge in [-0.15, -0.1) is 11.3 Å². The Morgan fingerprint density at radius 3 is 2.55 bits per heavy atom. The number of fused-ring (bicyclic) bond motifs is 1. The number of amides is 1. The molecule has 4 aromatic rings. The van der Waals surface area contributed by atoms with Gasteiger partial charge in [0.15, 0.2) is 0 Å². The molecule has 0 radical (unpaired) electrons. The molecule has 1 N–H and O–H groups in total. The van der Waals surface area contributed by atoms with Crippen LogP contribution in [0.15, 0.2) is 54.6 Å². The highest BCUT2D eigenvalue weighted by molar-refractivity contribution is 7.20. The fraction of sp³-hybridized carbons (Fsp3) is 0.100. The van der Waals surface area contributed by atoms with Gasteiger partial charge in [-0.1, -0.05) is 12.1 Å². The van der Waals surface area contributed by atoms with E-state index in [1.54, 1.807) is 22.9 Å².